The van der Waals surface area contributed by atoms with Crippen molar-refractivity contribution >= 4 is 5.57 Å². The zero-order valence-corrected chi connectivity index (χ0v) is 8.59. The summed E-state index contributed by atoms with van der Waals surface area (Å²) >= 11 is 0. The van der Waals surface area contributed by atoms with Crippen LogP contribution in [0, 0.1) is 0 Å². The molecule has 15 heavy (non-hydrogen) atoms. The summed E-state index contributed by atoms with van der Waals surface area (Å²) in [5.74, 6) is 0. The van der Waals surface area contributed by atoms with E-state index in [-0.39, 0.29) is 0 Å². The van der Waals surface area contributed by atoms with Gasteiger partial charge in [-0.3, -0.25) is 9.97 Å². The summed E-state index contributed by atoms with van der Waals surface area (Å²) in [4.78, 5) is 8.03. The van der Waals surface area contributed by atoms with Gasteiger partial charge in [-0.25, -0.2) is 0 Å². The quantitative estimate of drug-likeness (QED) is 0.738. The van der Waals surface area contributed by atoms with Gasteiger partial charge < -0.3 is 0 Å². The van der Waals surface area contributed by atoms with Gasteiger partial charge in [0.15, 0.2) is 0 Å². The molecule has 0 aliphatic carbocycles. The van der Waals surface area contributed by atoms with Gasteiger partial charge in [0.1, 0.15) is 0 Å². The maximum Gasteiger partial charge on any atom is 0.0273 e. The third kappa shape index (κ3) is 2.10. The van der Waals surface area contributed by atoms with Crippen molar-refractivity contribution in [2.45, 2.75) is 6.92 Å². The molecular weight excluding hydrogens is 184 g/mol. The standard InChI is InChI=1S/C13H12N2/c1-2-13(11-3-7-14-8-4-11)12-5-9-15-10-6-12/h2-10H,1H3. The second-order valence-corrected chi connectivity index (χ2v) is 3.17. The predicted molar refractivity (Wildman–Crippen MR) is 61.2 cm³/mol. The third-order valence-electron chi connectivity index (χ3n) is 2.27. The number of hydrogen-bond acceptors (Lipinski definition) is 2. The van der Waals surface area contributed by atoms with Gasteiger partial charge in [-0.1, -0.05) is 6.08 Å². The first-order valence-corrected chi connectivity index (χ1v) is 4.89. The number of hydrogen-bond donors (Lipinski definition) is 0. The maximum absolute atomic E-state index is 4.02. The molecule has 0 aliphatic heterocycles. The van der Waals surface area contributed by atoms with E-state index in [1.165, 1.54) is 16.7 Å². The first kappa shape index (κ1) is 9.59. The smallest absolute Gasteiger partial charge is 0.0273 e. The lowest BCUT2D eigenvalue weighted by molar-refractivity contribution is 1.30. The zero-order valence-electron chi connectivity index (χ0n) is 8.59. The van der Waals surface area contributed by atoms with Crippen LogP contribution in [0.3, 0.4) is 0 Å². The number of rotatable bonds is 2. The molecule has 0 saturated heterocycles. The Labute approximate surface area is 89.3 Å². The molecule has 0 amide bonds. The molecule has 74 valence electrons. The average molecular weight is 196 g/mol. The topological polar surface area (TPSA) is 25.8 Å². The van der Waals surface area contributed by atoms with Gasteiger partial charge in [-0.2, -0.15) is 0 Å². The molecule has 0 aliphatic rings. The minimum Gasteiger partial charge on any atom is -0.265 e. The molecule has 2 aromatic heterocycles. The van der Waals surface area contributed by atoms with E-state index in [1.54, 1.807) is 24.8 Å². The lowest BCUT2D eigenvalue weighted by atomic mass is 10.00. The van der Waals surface area contributed by atoms with Crippen molar-refractivity contribution in [3.63, 3.8) is 0 Å². The molecule has 0 N–H and O–H groups in total. The van der Waals surface area contributed by atoms with Crippen LogP contribution in [0.25, 0.3) is 5.57 Å². The molecule has 0 aromatic carbocycles. The lowest BCUT2D eigenvalue weighted by Crippen LogP contribution is -1.87. The SMILES string of the molecule is CC=C(c1ccncc1)c1ccncc1. The van der Waals surface area contributed by atoms with Gasteiger partial charge in [0.2, 0.25) is 0 Å². The van der Waals surface area contributed by atoms with E-state index < -0.39 is 0 Å². The molecule has 2 heteroatoms. The molecule has 0 radical (unpaired) electrons. The van der Waals surface area contributed by atoms with Crippen LogP contribution in [0.1, 0.15) is 18.1 Å². The third-order valence-corrected chi connectivity index (χ3v) is 2.27. The van der Waals surface area contributed by atoms with Crippen LogP contribution < -0.4 is 0 Å². The summed E-state index contributed by atoms with van der Waals surface area (Å²) in [6.45, 7) is 2.04. The Morgan fingerprint density at radius 2 is 1.27 bits per heavy atom. The van der Waals surface area contributed by atoms with Gasteiger partial charge in [0.05, 0.1) is 0 Å². The Balaban J connectivity index is 2.44. The summed E-state index contributed by atoms with van der Waals surface area (Å²) in [6.07, 6.45) is 9.32. The van der Waals surface area contributed by atoms with Crippen LogP contribution in [-0.4, -0.2) is 9.97 Å². The fraction of sp³-hybridized carbons (Fsp3) is 0.0769. The zero-order chi connectivity index (χ0) is 10.5. The summed E-state index contributed by atoms with van der Waals surface area (Å²) in [5, 5.41) is 0. The maximum atomic E-state index is 4.02. The summed E-state index contributed by atoms with van der Waals surface area (Å²) in [6, 6.07) is 8.04. The molecule has 0 unspecified atom stereocenters. The Bertz CT molecular complexity index is 405. The van der Waals surface area contributed by atoms with E-state index in [2.05, 4.69) is 16.0 Å². The van der Waals surface area contributed by atoms with E-state index in [1.807, 2.05) is 31.2 Å². The van der Waals surface area contributed by atoms with Crippen molar-refractivity contribution in [3.8, 4) is 0 Å². The molecule has 0 saturated carbocycles. The predicted octanol–water partition coefficient (Wildman–Crippen LogP) is 2.93. The van der Waals surface area contributed by atoms with Crippen LogP contribution in [0.15, 0.2) is 55.1 Å². The summed E-state index contributed by atoms with van der Waals surface area (Å²) in [7, 11) is 0. The van der Waals surface area contributed by atoms with Gasteiger partial charge in [0.25, 0.3) is 0 Å². The Morgan fingerprint density at radius 1 is 0.867 bits per heavy atom. The van der Waals surface area contributed by atoms with E-state index in [0.29, 0.717) is 0 Å². The number of pyridine rings is 2. The van der Waals surface area contributed by atoms with E-state index in [4.69, 9.17) is 0 Å². The van der Waals surface area contributed by atoms with E-state index in [9.17, 15) is 0 Å². The Kier molecular flexibility index (Phi) is 2.88. The molecule has 2 rings (SSSR count). The van der Waals surface area contributed by atoms with Crippen molar-refractivity contribution in [2.24, 2.45) is 0 Å². The molecule has 2 nitrogen and oxygen atoms in total. The van der Waals surface area contributed by atoms with E-state index >= 15 is 0 Å². The highest BCUT2D eigenvalue weighted by atomic mass is 14.6. The van der Waals surface area contributed by atoms with Crippen LogP contribution >= 0.6 is 0 Å². The van der Waals surface area contributed by atoms with Crippen LogP contribution in [-0.2, 0) is 0 Å². The average Bonchev–Trinajstić information content (AvgIpc) is 2.33. The summed E-state index contributed by atoms with van der Waals surface area (Å²) in [5.41, 5.74) is 3.57. The minimum atomic E-state index is 1.18. The molecule has 2 heterocycles. The first-order chi connectivity index (χ1) is 7.42. The van der Waals surface area contributed by atoms with Crippen molar-refractivity contribution in [3.05, 3.63) is 66.3 Å². The van der Waals surface area contributed by atoms with Crippen molar-refractivity contribution < 1.29 is 0 Å². The Hall–Kier alpha value is -1.96. The molecule has 0 spiro atoms. The number of nitrogens with zero attached hydrogens (tertiary/aromatic N) is 2. The van der Waals surface area contributed by atoms with Crippen molar-refractivity contribution in [1.82, 2.24) is 9.97 Å². The second kappa shape index (κ2) is 4.51. The molecule has 0 fully saturated rings. The molecule has 0 bridgehead atoms. The normalized spacial score (nSPS) is 9.67. The van der Waals surface area contributed by atoms with Crippen LogP contribution in [0.5, 0.6) is 0 Å². The highest BCUT2D eigenvalue weighted by molar-refractivity contribution is 5.79. The van der Waals surface area contributed by atoms with Gasteiger partial charge >= 0.3 is 0 Å². The van der Waals surface area contributed by atoms with Crippen LogP contribution in [0.4, 0.5) is 0 Å². The van der Waals surface area contributed by atoms with Crippen molar-refractivity contribution in [2.75, 3.05) is 0 Å². The molecular formula is C13H12N2. The Morgan fingerprint density at radius 3 is 1.60 bits per heavy atom. The highest BCUT2D eigenvalue weighted by Gasteiger charge is 2.02. The highest BCUT2D eigenvalue weighted by Crippen LogP contribution is 2.21. The monoisotopic (exact) mass is 196 g/mol. The number of aromatic nitrogens is 2. The second-order valence-electron chi connectivity index (χ2n) is 3.17. The van der Waals surface area contributed by atoms with Gasteiger partial charge in [-0.15, -0.1) is 0 Å². The fourth-order valence-electron chi connectivity index (χ4n) is 1.56. The minimum absolute atomic E-state index is 1.18. The summed E-state index contributed by atoms with van der Waals surface area (Å²) < 4.78 is 0. The molecule has 2 aromatic rings. The first-order valence-electron chi connectivity index (χ1n) is 4.89. The van der Waals surface area contributed by atoms with Crippen molar-refractivity contribution in [1.29, 1.82) is 0 Å². The molecule has 0 atom stereocenters. The van der Waals surface area contributed by atoms with Gasteiger partial charge in [-0.05, 0) is 47.9 Å². The van der Waals surface area contributed by atoms with E-state index in [0.717, 1.165) is 0 Å². The lowest BCUT2D eigenvalue weighted by Gasteiger charge is -2.06. The largest absolute Gasteiger partial charge is 0.265 e. The van der Waals surface area contributed by atoms with Gasteiger partial charge in [0, 0.05) is 24.8 Å². The fourth-order valence-corrected chi connectivity index (χ4v) is 1.56. The number of allylic oxidation sites excluding steroid dienone is 1. The van der Waals surface area contributed by atoms with Crippen LogP contribution in [0.2, 0.25) is 0 Å².